The molecule has 0 radical (unpaired) electrons. The van der Waals surface area contributed by atoms with Gasteiger partial charge in [-0.1, -0.05) is 29.7 Å². The van der Waals surface area contributed by atoms with Crippen molar-refractivity contribution in [3.8, 4) is 22.1 Å². The molecule has 2 aliphatic heterocycles. The van der Waals surface area contributed by atoms with Crippen LogP contribution in [0.3, 0.4) is 0 Å². The molecule has 2 saturated heterocycles. The molecule has 2 aromatic carbocycles. The lowest BCUT2D eigenvalue weighted by Gasteiger charge is -2.49. The third kappa shape index (κ3) is 5.81. The molecular formula is C41H40BrClN4O8S. The summed E-state index contributed by atoms with van der Waals surface area (Å²) in [4.78, 5) is 72.6. The molecule has 15 heteroatoms. The molecule has 0 spiro atoms. The van der Waals surface area contributed by atoms with E-state index in [0.717, 1.165) is 26.1 Å². The number of aliphatic carboxylic acids is 1. The van der Waals surface area contributed by atoms with Crippen molar-refractivity contribution < 1.29 is 38.9 Å². The number of unbranched alkanes of at least 4 members (excludes halogenated alkanes) is 2. The van der Waals surface area contributed by atoms with E-state index >= 15 is 4.79 Å². The average Bonchev–Trinajstić information content (AvgIpc) is 3.83. The number of nitrogens with zero attached hydrogens (tertiary/aromatic N) is 4. The topological polar surface area (TPSA) is 159 Å². The number of phenolic OH excluding ortho intramolecular Hbond substituents is 1. The molecule has 4 aliphatic rings. The van der Waals surface area contributed by atoms with Crippen LogP contribution in [0.2, 0.25) is 5.02 Å². The molecular weight excluding hydrogens is 824 g/mol. The summed E-state index contributed by atoms with van der Waals surface area (Å²) in [6.07, 6.45) is 3.97. The summed E-state index contributed by atoms with van der Waals surface area (Å²) in [5, 5.41) is 26.2. The zero-order chi connectivity index (χ0) is 40.0. The number of carbonyl (C=O) groups excluding carboxylic acids is 4. The Bertz CT molecular complexity index is 2410. The number of carbonyl (C=O) groups is 5. The number of hydrogen-bond donors (Lipinski definition) is 2. The lowest BCUT2D eigenvalue weighted by Crippen LogP contribution is -2.49. The molecule has 2 aromatic heterocycles. The number of aryl methyl sites for hydroxylation is 2. The number of aromatic nitrogens is 2. The molecule has 56 heavy (non-hydrogen) atoms. The van der Waals surface area contributed by atoms with Crippen molar-refractivity contribution in [3.05, 3.63) is 68.7 Å². The van der Waals surface area contributed by atoms with Gasteiger partial charge in [0.15, 0.2) is 11.5 Å². The molecule has 2 N–H and O–H groups in total. The van der Waals surface area contributed by atoms with Gasteiger partial charge in [-0.05, 0) is 108 Å². The number of ether oxygens (including phenoxy) is 1. The molecule has 4 amide bonds. The van der Waals surface area contributed by atoms with E-state index in [1.807, 2.05) is 31.2 Å². The van der Waals surface area contributed by atoms with Gasteiger partial charge in [0.05, 0.1) is 39.6 Å². The van der Waals surface area contributed by atoms with Crippen LogP contribution in [0.15, 0.2) is 52.5 Å². The lowest BCUT2D eigenvalue weighted by molar-refractivity contribution is -0.141. The van der Waals surface area contributed by atoms with Gasteiger partial charge in [-0.2, -0.15) is 5.10 Å². The minimum absolute atomic E-state index is 0.0200. The van der Waals surface area contributed by atoms with E-state index in [1.165, 1.54) is 16.9 Å². The Morgan fingerprint density at radius 1 is 1.07 bits per heavy atom. The van der Waals surface area contributed by atoms with E-state index in [-0.39, 0.29) is 42.7 Å². The van der Waals surface area contributed by atoms with Crippen LogP contribution < -0.4 is 9.64 Å². The van der Waals surface area contributed by atoms with Gasteiger partial charge in [0, 0.05) is 41.7 Å². The van der Waals surface area contributed by atoms with Crippen LogP contribution in [0, 0.1) is 36.0 Å². The fourth-order valence-corrected chi connectivity index (χ4v) is 11.5. The number of anilines is 1. The predicted molar refractivity (Wildman–Crippen MR) is 214 cm³/mol. The maximum atomic E-state index is 15.2. The number of methoxy groups -OCH3 is 1. The van der Waals surface area contributed by atoms with Crippen LogP contribution in [-0.4, -0.2) is 68.1 Å². The molecule has 6 unspecified atom stereocenters. The summed E-state index contributed by atoms with van der Waals surface area (Å²) in [6.45, 7) is 3.99. The number of carboxylic acids is 1. The summed E-state index contributed by atoms with van der Waals surface area (Å²) in [5.41, 5.74) is 1.70. The Hall–Kier alpha value is -4.53. The van der Waals surface area contributed by atoms with Crippen molar-refractivity contribution in [2.24, 2.45) is 36.1 Å². The third-order valence-corrected chi connectivity index (χ3v) is 14.6. The Morgan fingerprint density at radius 2 is 1.84 bits per heavy atom. The van der Waals surface area contributed by atoms with Gasteiger partial charge in [-0.3, -0.25) is 33.6 Å². The number of imide groups is 2. The molecule has 4 heterocycles. The van der Waals surface area contributed by atoms with E-state index in [2.05, 4.69) is 15.9 Å². The first-order valence-electron chi connectivity index (χ1n) is 18.6. The number of phenols is 1. The van der Waals surface area contributed by atoms with Crippen molar-refractivity contribution in [2.45, 2.75) is 58.3 Å². The Balaban J connectivity index is 1.19. The zero-order valence-electron chi connectivity index (χ0n) is 31.2. The predicted octanol–water partition coefficient (Wildman–Crippen LogP) is 7.62. The Morgan fingerprint density at radius 3 is 2.57 bits per heavy atom. The minimum Gasteiger partial charge on any atom is -0.503 e. The summed E-state index contributed by atoms with van der Waals surface area (Å²) in [6, 6.07) is 10.9. The average molecular weight is 864 g/mol. The molecule has 3 fully saturated rings. The minimum atomic E-state index is -1.32. The highest BCUT2D eigenvalue weighted by Crippen LogP contribution is 2.64. The van der Waals surface area contributed by atoms with Crippen LogP contribution >= 0.6 is 38.9 Å². The first kappa shape index (κ1) is 38.3. The molecule has 2 aliphatic carbocycles. The number of carboxylic acid groups (broad SMARTS) is 1. The van der Waals surface area contributed by atoms with E-state index in [0.29, 0.717) is 52.3 Å². The smallest absolute Gasteiger partial charge is 0.303 e. The van der Waals surface area contributed by atoms with Crippen LogP contribution in [0.4, 0.5) is 5.82 Å². The van der Waals surface area contributed by atoms with E-state index < -0.39 is 52.8 Å². The normalized spacial score (nSPS) is 25.8. The number of rotatable bonds is 10. The van der Waals surface area contributed by atoms with E-state index in [4.69, 9.17) is 26.5 Å². The highest BCUT2D eigenvalue weighted by atomic mass is 79.9. The number of amides is 4. The van der Waals surface area contributed by atoms with Crippen molar-refractivity contribution in [2.75, 3.05) is 18.6 Å². The van der Waals surface area contributed by atoms with Crippen LogP contribution in [0.1, 0.15) is 62.5 Å². The molecule has 292 valence electrons. The number of hydrogen-bond acceptors (Lipinski definition) is 9. The third-order valence-electron chi connectivity index (χ3n) is 12.5. The summed E-state index contributed by atoms with van der Waals surface area (Å²) in [5.74, 6) is -5.31. The number of likely N-dealkylation sites (tertiary alicyclic amines) is 1. The van der Waals surface area contributed by atoms with Gasteiger partial charge < -0.3 is 14.9 Å². The summed E-state index contributed by atoms with van der Waals surface area (Å²) in [7, 11) is 3.14. The number of benzene rings is 2. The first-order valence-corrected chi connectivity index (χ1v) is 20.6. The molecule has 1 saturated carbocycles. The van der Waals surface area contributed by atoms with Crippen molar-refractivity contribution in [1.29, 1.82) is 0 Å². The fraction of sp³-hybridized carbons (Fsp3) is 0.415. The van der Waals surface area contributed by atoms with E-state index in [9.17, 15) is 24.3 Å². The lowest BCUT2D eigenvalue weighted by atomic mass is 9.51. The second kappa shape index (κ2) is 14.1. The molecule has 0 bridgehead atoms. The van der Waals surface area contributed by atoms with Crippen molar-refractivity contribution in [1.82, 2.24) is 14.7 Å². The maximum Gasteiger partial charge on any atom is 0.303 e. The molecule has 6 atom stereocenters. The summed E-state index contributed by atoms with van der Waals surface area (Å²) >= 11 is 11.3. The Kier molecular flexibility index (Phi) is 9.68. The fourth-order valence-electron chi connectivity index (χ4n) is 9.75. The largest absolute Gasteiger partial charge is 0.503 e. The van der Waals surface area contributed by atoms with Gasteiger partial charge in [-0.25, -0.2) is 4.90 Å². The SMILES string of the molecule is COc1cc(C2C3=CCC4C(=O)N(CCCCCC(=O)O)C(=O)C4C3CC3C(=O)N(c4cc(-c5sc6ccc(Cl)cc6c5C)nn4C)C(=O)C32C)cc(Br)c1O. The number of thiophene rings is 1. The number of fused-ring (bicyclic) bond motifs is 5. The standard InChI is InChI=1S/C41H40BrClN4O8S/c1-19-24-16-21(43)9-12-30(24)56-36(19)28-18-31(45(3)44-28)47-38(52)26-17-25-22(34(41(26,2)40(47)54)20-14-27(42)35(50)29(15-20)55-4)10-11-23-33(25)39(53)46(37(23)51)13-7-5-6-8-32(48)49/h9-10,12,14-16,18,23,25-26,33-34,50H,5-8,11,13,17H2,1-4H3,(H,48,49). The zero-order valence-corrected chi connectivity index (χ0v) is 34.3. The number of allylic oxidation sites excluding steroid dienone is 2. The molecule has 8 rings (SSSR count). The van der Waals surface area contributed by atoms with E-state index in [1.54, 1.807) is 48.2 Å². The van der Waals surface area contributed by atoms with Gasteiger partial charge in [0.25, 0.3) is 0 Å². The molecule has 4 aromatic rings. The monoisotopic (exact) mass is 862 g/mol. The van der Waals surface area contributed by atoms with Gasteiger partial charge in [0.2, 0.25) is 23.6 Å². The first-order chi connectivity index (χ1) is 26.7. The second-order valence-corrected chi connectivity index (χ2v) is 17.8. The molecule has 12 nitrogen and oxygen atoms in total. The van der Waals surface area contributed by atoms with Gasteiger partial charge in [0.1, 0.15) is 11.5 Å². The van der Waals surface area contributed by atoms with Crippen LogP contribution in [-0.2, 0) is 31.0 Å². The van der Waals surface area contributed by atoms with Crippen molar-refractivity contribution in [3.63, 3.8) is 0 Å². The maximum absolute atomic E-state index is 15.2. The number of aromatic hydroxyl groups is 1. The van der Waals surface area contributed by atoms with Crippen molar-refractivity contribution >= 4 is 84.4 Å². The van der Waals surface area contributed by atoms with Gasteiger partial charge in [-0.15, -0.1) is 11.3 Å². The van der Waals surface area contributed by atoms with Gasteiger partial charge >= 0.3 is 5.97 Å². The van der Waals surface area contributed by atoms with Crippen LogP contribution in [0.25, 0.3) is 20.7 Å². The Labute approximate surface area is 340 Å². The quantitative estimate of drug-likeness (QED) is 0.0930. The van der Waals surface area contributed by atoms with Crippen LogP contribution in [0.5, 0.6) is 11.5 Å². The highest BCUT2D eigenvalue weighted by molar-refractivity contribution is 9.10. The second-order valence-electron chi connectivity index (χ2n) is 15.5. The number of halogens is 2. The highest BCUT2D eigenvalue weighted by Gasteiger charge is 2.68. The summed E-state index contributed by atoms with van der Waals surface area (Å²) < 4.78 is 8.46.